The molecule has 0 bridgehead atoms. The standard InChI is InChI=1S/C16H25F2N3O3/c1-22-16(4-8-23-9-5-16)15-19-14(24-20-15)10-12-2-6-21(7-3-12)11-13(17)18/h12-13H,2-11H2,1H3. The molecule has 3 rings (SSSR count). The minimum Gasteiger partial charge on any atom is -0.381 e. The molecule has 2 aliphatic heterocycles. The summed E-state index contributed by atoms with van der Waals surface area (Å²) in [5.41, 5.74) is -0.513. The maximum atomic E-state index is 12.4. The number of halogens is 2. The normalized spacial score (nSPS) is 23.0. The summed E-state index contributed by atoms with van der Waals surface area (Å²) in [5.74, 6) is 1.61. The van der Waals surface area contributed by atoms with E-state index in [2.05, 4.69) is 10.1 Å². The summed E-state index contributed by atoms with van der Waals surface area (Å²) in [6.45, 7) is 2.53. The molecule has 2 saturated heterocycles. The first kappa shape index (κ1) is 17.7. The fourth-order valence-electron chi connectivity index (χ4n) is 3.56. The molecule has 0 N–H and O–H groups in total. The lowest BCUT2D eigenvalue weighted by atomic mass is 9.92. The topological polar surface area (TPSA) is 60.6 Å². The van der Waals surface area contributed by atoms with Gasteiger partial charge in [0.2, 0.25) is 11.7 Å². The molecule has 0 radical (unpaired) electrons. The van der Waals surface area contributed by atoms with Gasteiger partial charge in [-0.25, -0.2) is 8.78 Å². The Morgan fingerprint density at radius 2 is 2.00 bits per heavy atom. The van der Waals surface area contributed by atoms with Gasteiger partial charge in [-0.15, -0.1) is 0 Å². The number of rotatable bonds is 6. The summed E-state index contributed by atoms with van der Waals surface area (Å²) in [5, 5.41) is 4.13. The molecule has 2 aliphatic rings. The predicted molar refractivity (Wildman–Crippen MR) is 81.9 cm³/mol. The molecule has 0 unspecified atom stereocenters. The Hall–Kier alpha value is -1.12. The van der Waals surface area contributed by atoms with Crippen LogP contribution < -0.4 is 0 Å². The van der Waals surface area contributed by atoms with Gasteiger partial charge in [0.1, 0.15) is 5.60 Å². The van der Waals surface area contributed by atoms with Crippen molar-refractivity contribution in [3.8, 4) is 0 Å². The molecule has 0 saturated carbocycles. The Bertz CT molecular complexity index is 512. The maximum absolute atomic E-state index is 12.4. The van der Waals surface area contributed by atoms with E-state index in [1.54, 1.807) is 7.11 Å². The third kappa shape index (κ3) is 4.10. The Morgan fingerprint density at radius 1 is 1.29 bits per heavy atom. The zero-order valence-corrected chi connectivity index (χ0v) is 14.0. The van der Waals surface area contributed by atoms with Gasteiger partial charge in [-0.1, -0.05) is 5.16 Å². The molecular weight excluding hydrogens is 320 g/mol. The second-order valence-corrected chi connectivity index (χ2v) is 6.66. The van der Waals surface area contributed by atoms with Gasteiger partial charge in [0.15, 0.2) is 0 Å². The first-order chi connectivity index (χ1) is 11.6. The molecule has 0 amide bonds. The van der Waals surface area contributed by atoms with Gasteiger partial charge in [0, 0.05) is 39.6 Å². The van der Waals surface area contributed by atoms with Crippen LogP contribution in [0.15, 0.2) is 4.52 Å². The number of alkyl halides is 2. The molecule has 0 spiro atoms. The van der Waals surface area contributed by atoms with Crippen molar-refractivity contribution >= 4 is 0 Å². The van der Waals surface area contributed by atoms with E-state index in [1.807, 2.05) is 4.90 Å². The number of hydrogen-bond donors (Lipinski definition) is 0. The molecule has 0 atom stereocenters. The van der Waals surface area contributed by atoms with Gasteiger partial charge in [0.05, 0.1) is 6.54 Å². The number of piperidine rings is 1. The quantitative estimate of drug-likeness (QED) is 0.788. The molecule has 6 nitrogen and oxygen atoms in total. The molecule has 3 heterocycles. The van der Waals surface area contributed by atoms with Crippen molar-refractivity contribution in [2.75, 3.05) is 40.0 Å². The fourth-order valence-corrected chi connectivity index (χ4v) is 3.56. The van der Waals surface area contributed by atoms with Crippen molar-refractivity contribution in [3.05, 3.63) is 11.7 Å². The van der Waals surface area contributed by atoms with Gasteiger partial charge < -0.3 is 14.0 Å². The van der Waals surface area contributed by atoms with Crippen molar-refractivity contribution in [3.63, 3.8) is 0 Å². The molecule has 1 aromatic heterocycles. The van der Waals surface area contributed by atoms with Crippen LogP contribution in [0.1, 0.15) is 37.4 Å². The number of likely N-dealkylation sites (tertiary alicyclic amines) is 1. The van der Waals surface area contributed by atoms with Gasteiger partial charge in [-0.2, -0.15) is 4.98 Å². The Balaban J connectivity index is 1.55. The van der Waals surface area contributed by atoms with Crippen LogP contribution in [0.5, 0.6) is 0 Å². The minimum atomic E-state index is -2.26. The first-order valence-electron chi connectivity index (χ1n) is 8.58. The van der Waals surface area contributed by atoms with Gasteiger partial charge >= 0.3 is 0 Å². The SMILES string of the molecule is COC1(c2noc(CC3CCN(CC(F)F)CC3)n2)CCOCC1. The van der Waals surface area contributed by atoms with E-state index in [4.69, 9.17) is 14.0 Å². The molecule has 0 aromatic carbocycles. The highest BCUT2D eigenvalue weighted by atomic mass is 19.3. The molecule has 1 aromatic rings. The number of methoxy groups -OCH3 is 1. The molecule has 0 aliphatic carbocycles. The summed E-state index contributed by atoms with van der Waals surface area (Å²) in [7, 11) is 1.67. The minimum absolute atomic E-state index is 0.129. The van der Waals surface area contributed by atoms with Crippen molar-refractivity contribution in [1.82, 2.24) is 15.0 Å². The zero-order valence-electron chi connectivity index (χ0n) is 14.0. The van der Waals surface area contributed by atoms with E-state index in [0.717, 1.165) is 12.8 Å². The van der Waals surface area contributed by atoms with Crippen LogP contribution in [0.2, 0.25) is 0 Å². The number of ether oxygens (including phenoxy) is 2. The van der Waals surface area contributed by atoms with E-state index >= 15 is 0 Å². The van der Waals surface area contributed by atoms with Crippen molar-refractivity contribution in [2.24, 2.45) is 5.92 Å². The lowest BCUT2D eigenvalue weighted by molar-refractivity contribution is -0.101. The first-order valence-corrected chi connectivity index (χ1v) is 8.58. The summed E-state index contributed by atoms with van der Waals surface area (Å²) < 4.78 is 41.3. The van der Waals surface area contributed by atoms with Crippen LogP contribution in [0, 0.1) is 5.92 Å². The Labute approximate surface area is 140 Å². The second-order valence-electron chi connectivity index (χ2n) is 6.66. The molecule has 24 heavy (non-hydrogen) atoms. The van der Waals surface area contributed by atoms with Crippen LogP contribution in [0.4, 0.5) is 8.78 Å². The van der Waals surface area contributed by atoms with Gasteiger partial charge in [-0.05, 0) is 31.8 Å². The second kappa shape index (κ2) is 7.84. The number of aromatic nitrogens is 2. The van der Waals surface area contributed by atoms with Crippen molar-refractivity contribution in [1.29, 1.82) is 0 Å². The van der Waals surface area contributed by atoms with E-state index < -0.39 is 12.0 Å². The van der Waals surface area contributed by atoms with Crippen molar-refractivity contribution < 1.29 is 22.8 Å². The van der Waals surface area contributed by atoms with Gasteiger partial charge in [-0.3, -0.25) is 4.90 Å². The van der Waals surface area contributed by atoms with Gasteiger partial charge in [0.25, 0.3) is 6.43 Å². The average Bonchev–Trinajstić information content (AvgIpc) is 3.06. The van der Waals surface area contributed by atoms with Crippen LogP contribution in [-0.2, 0) is 21.5 Å². The lowest BCUT2D eigenvalue weighted by Crippen LogP contribution is -2.37. The fraction of sp³-hybridized carbons (Fsp3) is 0.875. The number of nitrogens with zero attached hydrogens (tertiary/aromatic N) is 3. The van der Waals surface area contributed by atoms with Crippen molar-refractivity contribution in [2.45, 2.75) is 44.1 Å². The third-order valence-corrected chi connectivity index (χ3v) is 5.13. The van der Waals surface area contributed by atoms with E-state index in [0.29, 0.717) is 63.2 Å². The predicted octanol–water partition coefficient (Wildman–Crippen LogP) is 2.24. The third-order valence-electron chi connectivity index (χ3n) is 5.13. The highest BCUT2D eigenvalue weighted by Gasteiger charge is 2.39. The van der Waals surface area contributed by atoms with E-state index in [1.165, 1.54) is 0 Å². The van der Waals surface area contributed by atoms with E-state index in [9.17, 15) is 8.78 Å². The van der Waals surface area contributed by atoms with Crippen LogP contribution in [-0.4, -0.2) is 61.4 Å². The van der Waals surface area contributed by atoms with Crippen LogP contribution in [0.25, 0.3) is 0 Å². The summed E-state index contributed by atoms with van der Waals surface area (Å²) in [6.07, 6.45) is 1.64. The highest BCUT2D eigenvalue weighted by molar-refractivity contribution is 5.03. The summed E-state index contributed by atoms with van der Waals surface area (Å²) >= 11 is 0. The molecule has 2 fully saturated rings. The molecule has 8 heteroatoms. The number of hydrogen-bond acceptors (Lipinski definition) is 6. The van der Waals surface area contributed by atoms with Crippen LogP contribution in [0.3, 0.4) is 0 Å². The smallest absolute Gasteiger partial charge is 0.251 e. The average molecular weight is 345 g/mol. The maximum Gasteiger partial charge on any atom is 0.251 e. The monoisotopic (exact) mass is 345 g/mol. The Kier molecular flexibility index (Phi) is 5.78. The molecular formula is C16H25F2N3O3. The molecule has 136 valence electrons. The largest absolute Gasteiger partial charge is 0.381 e. The van der Waals surface area contributed by atoms with E-state index in [-0.39, 0.29) is 6.54 Å². The Morgan fingerprint density at radius 3 is 2.62 bits per heavy atom. The van der Waals surface area contributed by atoms with Crippen LogP contribution >= 0.6 is 0 Å². The highest BCUT2D eigenvalue weighted by Crippen LogP contribution is 2.34. The lowest BCUT2D eigenvalue weighted by Gasteiger charge is -2.32. The summed E-state index contributed by atoms with van der Waals surface area (Å²) in [6, 6.07) is 0. The summed E-state index contributed by atoms with van der Waals surface area (Å²) in [4.78, 5) is 6.37. The zero-order chi connectivity index (χ0) is 17.0.